The summed E-state index contributed by atoms with van der Waals surface area (Å²) >= 11 is 5.93. The minimum atomic E-state index is -1.24. The molecule has 5 atom stereocenters. The van der Waals surface area contributed by atoms with Crippen LogP contribution in [0.2, 0.25) is 5.02 Å². The first-order valence-corrected chi connectivity index (χ1v) is 13.6. The zero-order valence-electron chi connectivity index (χ0n) is 22.7. The first kappa shape index (κ1) is 27.0. The third-order valence-corrected chi connectivity index (χ3v) is 8.65. The van der Waals surface area contributed by atoms with Crippen LogP contribution in [0.4, 0.5) is 10.5 Å². The third kappa shape index (κ3) is 4.11. The van der Waals surface area contributed by atoms with Crippen molar-refractivity contribution in [3.63, 3.8) is 0 Å². The van der Waals surface area contributed by atoms with Crippen molar-refractivity contribution < 1.29 is 28.6 Å². The summed E-state index contributed by atoms with van der Waals surface area (Å²) in [6.45, 7) is 1.88. The largest absolute Gasteiger partial charge is 0.478 e. The molecular weight excluding hydrogens is 548 g/mol. The fourth-order valence-electron chi connectivity index (χ4n) is 6.58. The van der Waals surface area contributed by atoms with Crippen LogP contribution in [0.25, 0.3) is 10.8 Å². The van der Waals surface area contributed by atoms with E-state index in [-0.39, 0.29) is 25.4 Å². The molecule has 10 nitrogen and oxygen atoms in total. The van der Waals surface area contributed by atoms with E-state index in [9.17, 15) is 19.6 Å². The van der Waals surface area contributed by atoms with Gasteiger partial charge in [-0.15, -0.1) is 0 Å². The number of benzene rings is 2. The first-order valence-electron chi connectivity index (χ1n) is 13.2. The highest BCUT2D eigenvalue weighted by atomic mass is 35.5. The van der Waals surface area contributed by atoms with Crippen molar-refractivity contribution in [1.82, 2.24) is 9.88 Å². The summed E-state index contributed by atoms with van der Waals surface area (Å²) in [5, 5.41) is 11.3. The van der Waals surface area contributed by atoms with Gasteiger partial charge in [0, 0.05) is 50.0 Å². The first-order chi connectivity index (χ1) is 19.6. The van der Waals surface area contributed by atoms with Crippen molar-refractivity contribution >= 4 is 46.0 Å². The average Bonchev–Trinajstić information content (AvgIpc) is 3.50. The maximum Gasteiger partial charge on any atom is 0.409 e. The van der Waals surface area contributed by atoms with Gasteiger partial charge in [-0.25, -0.2) is 14.7 Å². The highest BCUT2D eigenvalue weighted by molar-refractivity contribution is 6.30. The second-order valence-corrected chi connectivity index (χ2v) is 11.4. The number of imide groups is 1. The van der Waals surface area contributed by atoms with Crippen LogP contribution in [-0.4, -0.2) is 65.8 Å². The van der Waals surface area contributed by atoms with E-state index in [2.05, 4.69) is 11.1 Å². The molecule has 3 amide bonds. The second-order valence-electron chi connectivity index (χ2n) is 11.0. The number of aromatic nitrogens is 1. The molecule has 11 heteroatoms. The van der Waals surface area contributed by atoms with Gasteiger partial charge in [0.2, 0.25) is 17.7 Å². The maximum atomic E-state index is 14.2. The van der Waals surface area contributed by atoms with Gasteiger partial charge in [-0.2, -0.15) is 5.26 Å². The van der Waals surface area contributed by atoms with Crippen LogP contribution >= 0.6 is 11.6 Å². The molecule has 3 aliphatic rings. The topological polar surface area (TPSA) is 122 Å². The van der Waals surface area contributed by atoms with Gasteiger partial charge in [0.05, 0.1) is 46.4 Å². The van der Waals surface area contributed by atoms with Crippen molar-refractivity contribution in [3.8, 4) is 11.9 Å². The Morgan fingerprint density at radius 1 is 1.15 bits per heavy atom. The number of nitrogens with zero attached hydrogens (tertiary/aromatic N) is 4. The number of carbonyl (C=O) groups is 3. The van der Waals surface area contributed by atoms with Gasteiger partial charge in [0.25, 0.3) is 0 Å². The van der Waals surface area contributed by atoms with Crippen LogP contribution in [0.15, 0.2) is 54.7 Å². The molecule has 41 heavy (non-hydrogen) atoms. The molecule has 6 rings (SSSR count). The molecule has 2 bridgehead atoms. The van der Waals surface area contributed by atoms with E-state index < -0.39 is 41.1 Å². The Morgan fingerprint density at radius 3 is 2.56 bits per heavy atom. The molecule has 3 unspecified atom stereocenters. The van der Waals surface area contributed by atoms with E-state index in [0.29, 0.717) is 32.9 Å². The van der Waals surface area contributed by atoms with Gasteiger partial charge in [-0.05, 0) is 25.1 Å². The minimum Gasteiger partial charge on any atom is -0.478 e. The van der Waals surface area contributed by atoms with Crippen LogP contribution in [0.3, 0.4) is 0 Å². The second kappa shape index (κ2) is 9.72. The lowest BCUT2D eigenvalue weighted by molar-refractivity contribution is -0.134. The molecule has 3 fully saturated rings. The number of rotatable bonds is 6. The summed E-state index contributed by atoms with van der Waals surface area (Å²) < 4.78 is 18.3. The number of ether oxygens (including phenoxy) is 3. The molecule has 2 aromatic carbocycles. The molecule has 0 N–H and O–H groups in total. The van der Waals surface area contributed by atoms with Crippen molar-refractivity contribution in [1.29, 1.82) is 5.26 Å². The van der Waals surface area contributed by atoms with Crippen LogP contribution in [0.1, 0.15) is 25.3 Å². The number of carbonyl (C=O) groups excluding carboxylic acids is 3. The predicted molar refractivity (Wildman–Crippen MR) is 148 cm³/mol. The molecule has 0 aliphatic carbocycles. The minimum absolute atomic E-state index is 0.142. The molecule has 0 spiro atoms. The van der Waals surface area contributed by atoms with Crippen molar-refractivity contribution in [2.75, 3.05) is 25.6 Å². The maximum absolute atomic E-state index is 14.2. The zero-order chi connectivity index (χ0) is 29.1. The van der Waals surface area contributed by atoms with E-state index in [1.807, 2.05) is 0 Å². The molecule has 3 saturated heterocycles. The standard InChI is InChI=1S/C30H27ClN4O6/c1-29-22(40-28(38)34(2)3)14-30(41-29,12-13-39-23-11-9-18(31)16-33-23)25-24(29)26(36)35(27(25)37)21-10-8-17(15-32)19-6-4-5-7-20(19)21/h4-11,16,22,24-25H,12-14H2,1-3H3/t22-,24-,25?,29?,30?/m0/s1. The average molecular weight is 575 g/mol. The van der Waals surface area contributed by atoms with Crippen LogP contribution < -0.4 is 9.64 Å². The predicted octanol–water partition coefficient (Wildman–Crippen LogP) is 4.33. The Bertz CT molecular complexity index is 1620. The van der Waals surface area contributed by atoms with Gasteiger partial charge in [-0.1, -0.05) is 35.9 Å². The van der Waals surface area contributed by atoms with E-state index in [1.54, 1.807) is 69.6 Å². The van der Waals surface area contributed by atoms with E-state index in [0.717, 1.165) is 0 Å². The number of nitriles is 1. The summed E-state index contributed by atoms with van der Waals surface area (Å²) in [4.78, 5) is 47.7. The number of amides is 3. The van der Waals surface area contributed by atoms with Gasteiger partial charge >= 0.3 is 6.09 Å². The Kier molecular flexibility index (Phi) is 6.40. The van der Waals surface area contributed by atoms with E-state index in [1.165, 1.54) is 16.0 Å². The monoisotopic (exact) mass is 574 g/mol. The number of anilines is 1. The quantitative estimate of drug-likeness (QED) is 0.399. The molecule has 0 radical (unpaired) electrons. The van der Waals surface area contributed by atoms with E-state index >= 15 is 0 Å². The number of hydrogen-bond donors (Lipinski definition) is 0. The van der Waals surface area contributed by atoms with Crippen LogP contribution in [-0.2, 0) is 19.1 Å². The number of hydrogen-bond acceptors (Lipinski definition) is 8. The third-order valence-electron chi connectivity index (χ3n) is 8.43. The van der Waals surface area contributed by atoms with Gasteiger partial charge in [0.15, 0.2) is 0 Å². The lowest BCUT2D eigenvalue weighted by atomic mass is 9.66. The fraction of sp³-hybridized carbons (Fsp3) is 0.367. The number of pyridine rings is 1. The summed E-state index contributed by atoms with van der Waals surface area (Å²) in [5.74, 6) is -2.15. The lowest BCUT2D eigenvalue weighted by Crippen LogP contribution is -2.52. The summed E-state index contributed by atoms with van der Waals surface area (Å²) in [5.41, 5.74) is -1.50. The summed E-state index contributed by atoms with van der Waals surface area (Å²) in [6.07, 6.45) is 0.627. The Labute approximate surface area is 241 Å². The molecule has 3 aromatic rings. The Hall–Kier alpha value is -4.20. The number of halogens is 1. The van der Waals surface area contributed by atoms with Crippen LogP contribution in [0.5, 0.6) is 5.88 Å². The highest BCUT2D eigenvalue weighted by Gasteiger charge is 2.78. The van der Waals surface area contributed by atoms with Crippen molar-refractivity contribution in [3.05, 3.63) is 65.3 Å². The summed E-state index contributed by atoms with van der Waals surface area (Å²) in [6, 6.07) is 15.9. The Morgan fingerprint density at radius 2 is 1.88 bits per heavy atom. The molecule has 210 valence electrons. The molecular formula is C30H27ClN4O6. The molecule has 4 heterocycles. The fourth-order valence-corrected chi connectivity index (χ4v) is 6.69. The van der Waals surface area contributed by atoms with Crippen molar-refractivity contribution in [2.24, 2.45) is 11.8 Å². The van der Waals surface area contributed by atoms with Gasteiger partial charge in [0.1, 0.15) is 11.7 Å². The zero-order valence-corrected chi connectivity index (χ0v) is 23.4. The smallest absolute Gasteiger partial charge is 0.409 e. The summed E-state index contributed by atoms with van der Waals surface area (Å²) in [7, 11) is 3.15. The molecule has 0 saturated carbocycles. The lowest BCUT2D eigenvalue weighted by Gasteiger charge is -2.36. The SMILES string of the molecule is CN(C)C(=O)O[C@H]1CC2(CCOc3ccc(Cl)cn3)OC1(C)[C@@H]1C(=O)N(c3ccc(C#N)c4ccccc34)C(=O)C12. The number of fused-ring (bicyclic) bond motifs is 6. The van der Waals surface area contributed by atoms with Gasteiger partial charge in [-0.3, -0.25) is 9.59 Å². The van der Waals surface area contributed by atoms with Crippen molar-refractivity contribution in [2.45, 2.75) is 37.1 Å². The Balaban J connectivity index is 1.38. The van der Waals surface area contributed by atoms with E-state index in [4.69, 9.17) is 25.8 Å². The van der Waals surface area contributed by atoms with Gasteiger partial charge < -0.3 is 19.1 Å². The normalized spacial score (nSPS) is 28.1. The highest BCUT2D eigenvalue weighted by Crippen LogP contribution is 2.63. The molecule has 1 aromatic heterocycles. The van der Waals surface area contributed by atoms with Crippen LogP contribution in [0, 0.1) is 23.2 Å². The molecule has 3 aliphatic heterocycles.